The fourth-order valence-corrected chi connectivity index (χ4v) is 4.93. The highest BCUT2D eigenvalue weighted by atomic mass is 32.1. The third kappa shape index (κ3) is 4.27. The molecule has 1 fully saturated rings. The molecular weight excluding hydrogens is 418 g/mol. The van der Waals surface area contributed by atoms with Crippen LogP contribution in [0.2, 0.25) is 0 Å². The van der Waals surface area contributed by atoms with Gasteiger partial charge in [-0.1, -0.05) is 36.4 Å². The minimum Gasteiger partial charge on any atom is -0.492 e. The van der Waals surface area contributed by atoms with Crippen LogP contribution < -0.4 is 9.47 Å². The highest BCUT2D eigenvalue weighted by Gasteiger charge is 2.22. The van der Waals surface area contributed by atoms with E-state index < -0.39 is 0 Å². The molecule has 0 amide bonds. The molecule has 0 unspecified atom stereocenters. The molecule has 0 atom stereocenters. The summed E-state index contributed by atoms with van der Waals surface area (Å²) >= 11 is 1.48. The van der Waals surface area contributed by atoms with Gasteiger partial charge in [-0.2, -0.15) is 0 Å². The van der Waals surface area contributed by atoms with Crippen LogP contribution in [0.4, 0.5) is 0 Å². The van der Waals surface area contributed by atoms with E-state index in [1.165, 1.54) is 30.8 Å². The molecule has 0 radical (unpaired) electrons. The molecule has 3 aromatic carbocycles. The van der Waals surface area contributed by atoms with E-state index in [9.17, 15) is 4.79 Å². The number of fused-ring (bicyclic) bond motifs is 1. The first-order valence-electron chi connectivity index (χ1n) is 10.9. The van der Waals surface area contributed by atoms with Crippen LogP contribution in [-0.4, -0.2) is 36.9 Å². The van der Waals surface area contributed by atoms with Gasteiger partial charge < -0.3 is 9.47 Å². The van der Waals surface area contributed by atoms with Crippen molar-refractivity contribution < 1.29 is 14.3 Å². The van der Waals surface area contributed by atoms with E-state index in [4.69, 9.17) is 9.47 Å². The van der Waals surface area contributed by atoms with Crippen LogP contribution in [0.1, 0.15) is 27.2 Å². The quantitative estimate of drug-likeness (QED) is 0.299. The van der Waals surface area contributed by atoms with Gasteiger partial charge in [0.15, 0.2) is 5.75 Å². The number of carbonyl (C=O) groups is 1. The highest BCUT2D eigenvalue weighted by molar-refractivity contribution is 7.21. The Labute approximate surface area is 192 Å². The fraction of sp³-hybridized carbons (Fsp3) is 0.222. The van der Waals surface area contributed by atoms with Crippen LogP contribution in [0, 0.1) is 6.92 Å². The molecule has 0 N–H and O–H groups in total. The molecule has 0 bridgehead atoms. The first-order chi connectivity index (χ1) is 15.7. The van der Waals surface area contributed by atoms with E-state index in [2.05, 4.69) is 4.90 Å². The van der Waals surface area contributed by atoms with Gasteiger partial charge in [-0.25, -0.2) is 0 Å². The van der Waals surface area contributed by atoms with Crippen molar-refractivity contribution in [3.05, 3.63) is 88.8 Å². The van der Waals surface area contributed by atoms with Gasteiger partial charge in [-0.15, -0.1) is 11.3 Å². The van der Waals surface area contributed by atoms with E-state index in [0.29, 0.717) is 28.5 Å². The lowest BCUT2D eigenvalue weighted by atomic mass is 10.0. The number of nitrogens with zero attached hydrogens (tertiary/aromatic N) is 1. The summed E-state index contributed by atoms with van der Waals surface area (Å²) in [7, 11) is 0. The zero-order valence-electron chi connectivity index (χ0n) is 18.0. The highest BCUT2D eigenvalue weighted by Crippen LogP contribution is 2.41. The lowest BCUT2D eigenvalue weighted by molar-refractivity contribution is 0.104. The molecule has 0 saturated carbocycles. The van der Waals surface area contributed by atoms with Crippen molar-refractivity contribution in [1.82, 2.24) is 4.90 Å². The number of hydrogen-bond donors (Lipinski definition) is 0. The average molecular weight is 444 g/mol. The van der Waals surface area contributed by atoms with Crippen LogP contribution in [0.5, 0.6) is 17.2 Å². The van der Waals surface area contributed by atoms with Crippen molar-refractivity contribution >= 4 is 27.2 Å². The molecule has 32 heavy (non-hydrogen) atoms. The van der Waals surface area contributed by atoms with Gasteiger partial charge >= 0.3 is 0 Å². The van der Waals surface area contributed by atoms with Gasteiger partial charge in [-0.3, -0.25) is 9.69 Å². The summed E-state index contributed by atoms with van der Waals surface area (Å²) in [4.78, 5) is 16.4. The van der Waals surface area contributed by atoms with Crippen molar-refractivity contribution in [1.29, 1.82) is 0 Å². The van der Waals surface area contributed by atoms with E-state index in [0.717, 1.165) is 27.9 Å². The number of likely N-dealkylation sites (tertiary alicyclic amines) is 1. The van der Waals surface area contributed by atoms with E-state index in [1.807, 2.05) is 79.7 Å². The maximum Gasteiger partial charge on any atom is 0.207 e. The minimum absolute atomic E-state index is 0.00903. The van der Waals surface area contributed by atoms with Crippen LogP contribution in [-0.2, 0) is 0 Å². The fourth-order valence-electron chi connectivity index (χ4n) is 3.84. The zero-order valence-corrected chi connectivity index (χ0v) is 18.9. The van der Waals surface area contributed by atoms with Crippen molar-refractivity contribution in [3.8, 4) is 17.2 Å². The number of thiophene rings is 1. The number of benzene rings is 3. The van der Waals surface area contributed by atoms with Gasteiger partial charge in [0.25, 0.3) is 0 Å². The molecule has 1 aromatic heterocycles. The molecule has 1 aliphatic rings. The number of ketones is 1. The predicted octanol–water partition coefficient (Wildman–Crippen LogP) is 6.32. The second kappa shape index (κ2) is 9.15. The van der Waals surface area contributed by atoms with Crippen molar-refractivity contribution in [2.45, 2.75) is 13.3 Å². The Kier molecular flexibility index (Phi) is 5.93. The molecule has 1 saturated heterocycles. The summed E-state index contributed by atoms with van der Waals surface area (Å²) in [6.45, 7) is 5.96. The first kappa shape index (κ1) is 20.7. The van der Waals surface area contributed by atoms with Crippen molar-refractivity contribution in [2.24, 2.45) is 0 Å². The molecule has 1 aliphatic heterocycles. The van der Waals surface area contributed by atoms with Crippen LogP contribution in [0.3, 0.4) is 0 Å². The lowest BCUT2D eigenvalue weighted by Gasteiger charge is -2.30. The van der Waals surface area contributed by atoms with E-state index in [1.54, 1.807) is 0 Å². The van der Waals surface area contributed by atoms with Crippen molar-refractivity contribution in [2.75, 3.05) is 26.2 Å². The smallest absolute Gasteiger partial charge is 0.207 e. The molecule has 5 rings (SSSR count). The Morgan fingerprint density at radius 1 is 0.938 bits per heavy atom. The maximum atomic E-state index is 13.4. The number of ether oxygens (including phenoxy) is 2. The van der Waals surface area contributed by atoms with Gasteiger partial charge in [-0.05, 0) is 68.4 Å². The molecule has 5 heteroatoms. The average Bonchev–Trinajstić information content (AvgIpc) is 3.15. The maximum absolute atomic E-state index is 13.4. The molecule has 0 aliphatic carbocycles. The van der Waals surface area contributed by atoms with Crippen LogP contribution in [0.15, 0.2) is 72.8 Å². The summed E-state index contributed by atoms with van der Waals surface area (Å²) in [5.74, 6) is 2.11. The third-order valence-corrected chi connectivity index (χ3v) is 6.97. The minimum atomic E-state index is -0.00903. The Hall–Kier alpha value is -3.15. The number of carbonyl (C=O) groups excluding carboxylic acids is 1. The summed E-state index contributed by atoms with van der Waals surface area (Å²) in [6.07, 6.45) is 1.29. The standard InChI is InChI=1S/C27H25NO3S/c1-19-7-2-3-8-22(19)25(29)27-26(23-9-4-5-10-24(23)32-27)31-21-13-11-20(12-14-21)30-18-17-28-15-6-16-28/h2-5,7-14H,6,15-18H2,1H3. The number of aryl methyl sites for hydroxylation is 1. The van der Waals surface area contributed by atoms with E-state index in [-0.39, 0.29) is 5.78 Å². The molecule has 162 valence electrons. The summed E-state index contributed by atoms with van der Waals surface area (Å²) in [5.41, 5.74) is 1.66. The van der Waals surface area contributed by atoms with Crippen molar-refractivity contribution in [3.63, 3.8) is 0 Å². The van der Waals surface area contributed by atoms with Crippen LogP contribution >= 0.6 is 11.3 Å². The Bertz CT molecular complexity index is 1240. The van der Waals surface area contributed by atoms with Gasteiger partial charge in [0, 0.05) is 22.2 Å². The molecule has 4 nitrogen and oxygen atoms in total. The summed E-state index contributed by atoms with van der Waals surface area (Å²) in [5, 5.41) is 0.948. The zero-order chi connectivity index (χ0) is 21.9. The normalized spacial score (nSPS) is 13.7. The summed E-state index contributed by atoms with van der Waals surface area (Å²) < 4.78 is 13.2. The van der Waals surface area contributed by atoms with Gasteiger partial charge in [0.1, 0.15) is 23.0 Å². The Morgan fingerprint density at radius 2 is 1.66 bits per heavy atom. The second-order valence-electron chi connectivity index (χ2n) is 8.02. The monoisotopic (exact) mass is 443 g/mol. The Morgan fingerprint density at radius 3 is 2.41 bits per heavy atom. The van der Waals surface area contributed by atoms with E-state index >= 15 is 0 Å². The number of rotatable bonds is 8. The molecule has 2 heterocycles. The molecule has 0 spiro atoms. The van der Waals surface area contributed by atoms with Gasteiger partial charge in [0.2, 0.25) is 5.78 Å². The molecular formula is C27H25NO3S. The lowest BCUT2D eigenvalue weighted by Crippen LogP contribution is -2.39. The SMILES string of the molecule is Cc1ccccc1C(=O)c1sc2ccccc2c1Oc1ccc(OCCN2CCC2)cc1. The first-order valence-corrected chi connectivity index (χ1v) is 11.8. The number of hydrogen-bond acceptors (Lipinski definition) is 5. The third-order valence-electron chi connectivity index (χ3n) is 5.81. The van der Waals surface area contributed by atoms with Crippen LogP contribution in [0.25, 0.3) is 10.1 Å². The molecule has 4 aromatic rings. The predicted molar refractivity (Wildman–Crippen MR) is 130 cm³/mol. The second-order valence-corrected chi connectivity index (χ2v) is 9.07. The van der Waals surface area contributed by atoms with Gasteiger partial charge in [0.05, 0.1) is 0 Å². The largest absolute Gasteiger partial charge is 0.492 e. The topological polar surface area (TPSA) is 38.8 Å². The summed E-state index contributed by atoms with van der Waals surface area (Å²) in [6, 6.07) is 23.3. The Balaban J connectivity index is 1.39.